The third-order valence-electron chi connectivity index (χ3n) is 3.30. The van der Waals surface area contributed by atoms with Crippen LogP contribution in [0, 0.1) is 20.2 Å². The number of halogens is 3. The number of rotatable bonds is 5. The van der Waals surface area contributed by atoms with Crippen LogP contribution in [-0.4, -0.2) is 24.5 Å². The van der Waals surface area contributed by atoms with Crippen molar-refractivity contribution in [1.29, 1.82) is 0 Å². The van der Waals surface area contributed by atoms with Gasteiger partial charge in [-0.25, -0.2) is 9.19 Å². The largest absolute Gasteiger partial charge is 0.475 e. The van der Waals surface area contributed by atoms with Crippen LogP contribution in [0.1, 0.15) is 0 Å². The molecule has 146 valence electrons. The number of nitro groups is 2. The minimum absolute atomic E-state index is 0.183. The topological polar surface area (TPSA) is 129 Å². The maximum absolute atomic E-state index is 12.7. The fourth-order valence-electron chi connectivity index (χ4n) is 2.17. The smallest absolute Gasteiger partial charge is 0.431 e. The highest BCUT2D eigenvalue weighted by Gasteiger charge is 2.41. The summed E-state index contributed by atoms with van der Waals surface area (Å²) >= 11 is 0.410. The zero-order chi connectivity index (χ0) is 20.6. The van der Waals surface area contributed by atoms with E-state index in [-0.39, 0.29) is 5.22 Å². The maximum atomic E-state index is 12.7. The first-order chi connectivity index (χ1) is 13.1. The molecule has 0 aliphatic carbocycles. The van der Waals surface area contributed by atoms with Crippen LogP contribution in [0.2, 0.25) is 0 Å². The average Bonchev–Trinajstić information content (AvgIpc) is 3.02. The quantitative estimate of drug-likeness (QED) is 0.427. The van der Waals surface area contributed by atoms with Gasteiger partial charge >= 0.3 is 5.51 Å². The molecule has 0 saturated carbocycles. The van der Waals surface area contributed by atoms with Crippen molar-refractivity contribution in [2.75, 3.05) is 0 Å². The molecule has 14 heteroatoms. The third-order valence-corrected chi connectivity index (χ3v) is 5.36. The molecular formula is C14H6F3N3O6S2. The summed E-state index contributed by atoms with van der Waals surface area (Å²) in [5.41, 5.74) is -6.59. The van der Waals surface area contributed by atoms with Gasteiger partial charge in [0.1, 0.15) is 5.52 Å². The molecule has 0 aliphatic rings. The van der Waals surface area contributed by atoms with Gasteiger partial charge in [0.15, 0.2) is 21.3 Å². The van der Waals surface area contributed by atoms with Gasteiger partial charge in [0.25, 0.3) is 16.6 Å². The van der Waals surface area contributed by atoms with Gasteiger partial charge in [-0.1, -0.05) is 12.1 Å². The van der Waals surface area contributed by atoms with Crippen LogP contribution < -0.4 is 0 Å². The van der Waals surface area contributed by atoms with Crippen LogP contribution in [-0.2, 0) is 10.8 Å². The Balaban J connectivity index is 2.16. The molecule has 9 nitrogen and oxygen atoms in total. The highest BCUT2D eigenvalue weighted by Crippen LogP contribution is 2.44. The first-order valence-electron chi connectivity index (χ1n) is 7.07. The molecule has 0 saturated heterocycles. The SMILES string of the molecule is O=[N+]([O-])c1cc(S(=O)C(F)(F)F)cc([N+](=O)[O-])c1Sc1nc2ccccc2o1. The van der Waals surface area contributed by atoms with Crippen LogP contribution in [0.5, 0.6) is 0 Å². The standard InChI is InChI=1S/C14H6F3N3O6S2/c15-14(16,17)28(25)7-5-9(19(21)22)12(10(6-7)20(23)24)27-13-18-8-3-1-2-4-11(8)26-13/h1-6H. The summed E-state index contributed by atoms with van der Waals surface area (Å²) < 4.78 is 54.9. The summed E-state index contributed by atoms with van der Waals surface area (Å²) in [7, 11) is -3.68. The van der Waals surface area contributed by atoms with E-state index in [0.29, 0.717) is 35.0 Å². The first-order valence-corrected chi connectivity index (χ1v) is 9.03. The second-order valence-electron chi connectivity index (χ2n) is 5.07. The second-order valence-corrected chi connectivity index (χ2v) is 7.50. The summed E-state index contributed by atoms with van der Waals surface area (Å²) in [5, 5.41) is 22.5. The number of fused-ring (bicyclic) bond motifs is 1. The molecule has 0 amide bonds. The lowest BCUT2D eigenvalue weighted by Crippen LogP contribution is -2.16. The van der Waals surface area contributed by atoms with Gasteiger partial charge in [0.2, 0.25) is 0 Å². The molecule has 1 atom stereocenters. The molecular weight excluding hydrogens is 427 g/mol. The Morgan fingerprint density at radius 1 is 1.07 bits per heavy atom. The molecule has 1 aromatic heterocycles. The van der Waals surface area contributed by atoms with E-state index in [1.807, 2.05) is 0 Å². The third kappa shape index (κ3) is 3.82. The van der Waals surface area contributed by atoms with Crippen molar-refractivity contribution in [2.45, 2.75) is 20.5 Å². The predicted octanol–water partition coefficient (Wildman–Crippen LogP) is 4.42. The van der Waals surface area contributed by atoms with Gasteiger partial charge in [-0.3, -0.25) is 20.2 Å². The Bertz CT molecular complexity index is 1060. The zero-order valence-corrected chi connectivity index (χ0v) is 14.8. The molecule has 0 radical (unpaired) electrons. The lowest BCUT2D eigenvalue weighted by atomic mass is 10.3. The van der Waals surface area contributed by atoms with Gasteiger partial charge < -0.3 is 4.42 Å². The van der Waals surface area contributed by atoms with E-state index in [4.69, 9.17) is 4.42 Å². The summed E-state index contributed by atoms with van der Waals surface area (Å²) in [6.45, 7) is 0. The highest BCUT2D eigenvalue weighted by molar-refractivity contribution is 7.99. The number of hydrogen-bond acceptors (Lipinski definition) is 8. The molecule has 28 heavy (non-hydrogen) atoms. The van der Waals surface area contributed by atoms with Crippen molar-refractivity contribution in [3.05, 3.63) is 56.6 Å². The molecule has 0 bridgehead atoms. The number of aromatic nitrogens is 1. The average molecular weight is 433 g/mol. The molecule has 1 heterocycles. The summed E-state index contributed by atoms with van der Waals surface area (Å²) in [6, 6.07) is 7.18. The number of hydrogen-bond donors (Lipinski definition) is 0. The Labute approximate surface area is 159 Å². The Kier molecular flexibility index (Phi) is 5.08. The molecule has 3 rings (SSSR count). The van der Waals surface area contributed by atoms with Crippen molar-refractivity contribution in [3.8, 4) is 0 Å². The van der Waals surface area contributed by atoms with Gasteiger partial charge in [-0.05, 0) is 23.9 Å². The highest BCUT2D eigenvalue weighted by atomic mass is 32.2. The van der Waals surface area contributed by atoms with Crippen LogP contribution in [0.15, 0.2) is 55.8 Å². The summed E-state index contributed by atoms with van der Waals surface area (Å²) in [5.74, 6) is 0. The number of alkyl halides is 3. The van der Waals surface area contributed by atoms with Crippen LogP contribution >= 0.6 is 11.8 Å². The van der Waals surface area contributed by atoms with Gasteiger partial charge in [-0.15, -0.1) is 0 Å². The minimum atomic E-state index is -5.24. The summed E-state index contributed by atoms with van der Waals surface area (Å²) in [4.78, 5) is 22.8. The van der Waals surface area contributed by atoms with E-state index in [0.717, 1.165) is 0 Å². The molecule has 0 spiro atoms. The lowest BCUT2D eigenvalue weighted by Gasteiger charge is -2.08. The maximum Gasteiger partial charge on any atom is 0.475 e. The van der Waals surface area contributed by atoms with E-state index in [9.17, 15) is 37.6 Å². The Morgan fingerprint density at radius 2 is 1.64 bits per heavy atom. The minimum Gasteiger partial charge on any atom is -0.431 e. The lowest BCUT2D eigenvalue weighted by molar-refractivity contribution is -0.400. The number of oxazole rings is 1. The number of benzene rings is 2. The predicted molar refractivity (Wildman–Crippen MR) is 90.3 cm³/mol. The molecule has 1 unspecified atom stereocenters. The number of para-hydroxylation sites is 2. The molecule has 0 N–H and O–H groups in total. The van der Waals surface area contributed by atoms with Crippen LogP contribution in [0.3, 0.4) is 0 Å². The van der Waals surface area contributed by atoms with Crippen molar-refractivity contribution in [2.24, 2.45) is 0 Å². The fourth-order valence-corrected chi connectivity index (χ4v) is 3.80. The van der Waals surface area contributed by atoms with Crippen molar-refractivity contribution in [3.63, 3.8) is 0 Å². The Morgan fingerprint density at radius 3 is 2.14 bits per heavy atom. The molecule has 2 aromatic carbocycles. The monoisotopic (exact) mass is 433 g/mol. The fraction of sp³-hybridized carbons (Fsp3) is 0.0714. The molecule has 0 aliphatic heterocycles. The number of nitro benzene ring substituents is 2. The van der Waals surface area contributed by atoms with E-state index in [1.54, 1.807) is 24.3 Å². The van der Waals surface area contributed by atoms with Gasteiger partial charge in [-0.2, -0.15) is 13.2 Å². The van der Waals surface area contributed by atoms with Gasteiger partial charge in [0, 0.05) is 12.1 Å². The molecule has 3 aromatic rings. The van der Waals surface area contributed by atoms with E-state index < -0.39 is 47.3 Å². The molecule has 0 fully saturated rings. The number of nitrogens with zero attached hydrogens (tertiary/aromatic N) is 3. The van der Waals surface area contributed by atoms with Crippen molar-refractivity contribution >= 4 is 45.0 Å². The van der Waals surface area contributed by atoms with Gasteiger partial charge in [0.05, 0.1) is 14.7 Å². The van der Waals surface area contributed by atoms with E-state index in [1.165, 1.54) is 0 Å². The summed E-state index contributed by atoms with van der Waals surface area (Å²) in [6.07, 6.45) is 0. The normalized spacial score (nSPS) is 12.8. The van der Waals surface area contributed by atoms with Crippen LogP contribution in [0.4, 0.5) is 24.5 Å². The van der Waals surface area contributed by atoms with E-state index >= 15 is 0 Å². The van der Waals surface area contributed by atoms with Crippen molar-refractivity contribution < 1.29 is 31.6 Å². The van der Waals surface area contributed by atoms with Crippen molar-refractivity contribution in [1.82, 2.24) is 4.98 Å². The second kappa shape index (κ2) is 7.20. The Hall–Kier alpha value is -3.00. The zero-order valence-electron chi connectivity index (χ0n) is 13.2. The van der Waals surface area contributed by atoms with Crippen LogP contribution in [0.25, 0.3) is 11.1 Å². The first kappa shape index (κ1) is 19.8. The van der Waals surface area contributed by atoms with E-state index in [2.05, 4.69) is 4.98 Å².